The van der Waals surface area contributed by atoms with Crippen molar-refractivity contribution in [2.24, 2.45) is 0 Å². The summed E-state index contributed by atoms with van der Waals surface area (Å²) in [6.07, 6.45) is -4.85. The largest absolute Gasteiger partial charge is 0.485 e. The molecular formula is C15H9F3N2O6. The summed E-state index contributed by atoms with van der Waals surface area (Å²) in [5.41, 5.74) is -4.50. The van der Waals surface area contributed by atoms with Crippen molar-refractivity contribution in [1.82, 2.24) is 0 Å². The molecule has 0 N–H and O–H groups in total. The number of ketones is 1. The predicted octanol–water partition coefficient (Wildman–Crippen LogP) is 3.76. The number of hydrogen-bond acceptors (Lipinski definition) is 6. The Labute approximate surface area is 143 Å². The zero-order valence-electron chi connectivity index (χ0n) is 12.9. The minimum atomic E-state index is -4.85. The Balaban J connectivity index is 2.72. The third-order valence-corrected chi connectivity index (χ3v) is 3.39. The molecule has 136 valence electrons. The van der Waals surface area contributed by atoms with E-state index in [4.69, 9.17) is 0 Å². The molecule has 0 saturated carbocycles. The predicted molar refractivity (Wildman–Crippen MR) is 81.2 cm³/mol. The fraction of sp³-hybridized carbons (Fsp3) is 0.133. The zero-order valence-corrected chi connectivity index (χ0v) is 12.9. The van der Waals surface area contributed by atoms with Crippen molar-refractivity contribution < 1.29 is 32.5 Å². The molecule has 26 heavy (non-hydrogen) atoms. The van der Waals surface area contributed by atoms with Crippen LogP contribution in [-0.4, -0.2) is 22.7 Å². The van der Waals surface area contributed by atoms with Gasteiger partial charge in [0.05, 0.1) is 22.5 Å². The number of nitrogens with zero attached hydrogens (tertiary/aromatic N) is 2. The molecular weight excluding hydrogens is 361 g/mol. The van der Waals surface area contributed by atoms with Gasteiger partial charge in [0, 0.05) is 23.3 Å². The van der Waals surface area contributed by atoms with E-state index >= 15 is 0 Å². The van der Waals surface area contributed by atoms with E-state index in [0.717, 1.165) is 19.2 Å². The van der Waals surface area contributed by atoms with E-state index in [1.54, 1.807) is 0 Å². The highest BCUT2D eigenvalue weighted by Crippen LogP contribution is 2.39. The van der Waals surface area contributed by atoms with Gasteiger partial charge in [-0.1, -0.05) is 18.2 Å². The number of nitro benzene ring substituents is 2. The first kappa shape index (κ1) is 18.8. The van der Waals surface area contributed by atoms with Crippen molar-refractivity contribution in [2.45, 2.75) is 6.18 Å². The normalized spacial score (nSPS) is 11.1. The molecule has 0 fully saturated rings. The van der Waals surface area contributed by atoms with E-state index < -0.39 is 55.6 Å². The molecule has 2 rings (SSSR count). The Morgan fingerprint density at radius 1 is 1.04 bits per heavy atom. The number of benzene rings is 2. The first-order chi connectivity index (χ1) is 12.1. The summed E-state index contributed by atoms with van der Waals surface area (Å²) >= 11 is 0. The summed E-state index contributed by atoms with van der Waals surface area (Å²) in [6, 6.07) is 5.07. The van der Waals surface area contributed by atoms with Gasteiger partial charge in [-0.3, -0.25) is 25.0 Å². The molecule has 0 spiro atoms. The van der Waals surface area contributed by atoms with Gasteiger partial charge in [0.15, 0.2) is 5.78 Å². The molecule has 11 heteroatoms. The van der Waals surface area contributed by atoms with E-state index in [0.29, 0.717) is 18.2 Å². The summed E-state index contributed by atoms with van der Waals surface area (Å²) in [4.78, 5) is 32.6. The average molecular weight is 370 g/mol. The molecule has 0 atom stereocenters. The molecule has 0 amide bonds. The molecule has 0 radical (unpaired) electrons. The monoisotopic (exact) mass is 370 g/mol. The average Bonchev–Trinajstić information content (AvgIpc) is 2.58. The second-order valence-electron chi connectivity index (χ2n) is 4.93. The standard InChI is InChI=1S/C15H9F3N2O6/c1-26-14-11(19(22)23)6-8(7-12(14)20(24)25)13(21)9-4-2-3-5-10(9)15(16,17)18/h2-7H,1H3. The van der Waals surface area contributed by atoms with Crippen molar-refractivity contribution in [2.75, 3.05) is 7.11 Å². The zero-order chi connectivity index (χ0) is 19.6. The first-order valence-corrected chi connectivity index (χ1v) is 6.79. The maximum atomic E-state index is 13.1. The molecule has 0 aliphatic rings. The van der Waals surface area contributed by atoms with Crippen molar-refractivity contribution >= 4 is 17.2 Å². The van der Waals surface area contributed by atoms with E-state index in [9.17, 15) is 38.2 Å². The van der Waals surface area contributed by atoms with Crippen molar-refractivity contribution in [3.05, 3.63) is 73.3 Å². The maximum Gasteiger partial charge on any atom is 0.417 e. The van der Waals surface area contributed by atoms with E-state index in [1.807, 2.05) is 0 Å². The van der Waals surface area contributed by atoms with Crippen LogP contribution in [0.2, 0.25) is 0 Å². The number of methoxy groups -OCH3 is 1. The SMILES string of the molecule is COc1c([N+](=O)[O-])cc(C(=O)c2ccccc2C(F)(F)F)cc1[N+](=O)[O-]. The van der Waals surface area contributed by atoms with Crippen LogP contribution in [0.5, 0.6) is 5.75 Å². The molecule has 8 nitrogen and oxygen atoms in total. The molecule has 0 bridgehead atoms. The van der Waals surface area contributed by atoms with Gasteiger partial charge >= 0.3 is 17.6 Å². The Bertz CT molecular complexity index is 875. The third-order valence-electron chi connectivity index (χ3n) is 3.39. The molecule has 2 aromatic rings. The Hall–Kier alpha value is -3.50. The van der Waals surface area contributed by atoms with Crippen molar-refractivity contribution in [1.29, 1.82) is 0 Å². The van der Waals surface area contributed by atoms with Gasteiger partial charge < -0.3 is 4.74 Å². The highest BCUT2D eigenvalue weighted by atomic mass is 19.4. The molecule has 0 saturated heterocycles. The van der Waals surface area contributed by atoms with Gasteiger partial charge in [0.2, 0.25) is 0 Å². The van der Waals surface area contributed by atoms with Gasteiger partial charge in [0.1, 0.15) is 0 Å². The number of halogens is 3. The number of ether oxygens (including phenoxy) is 1. The molecule has 0 heterocycles. The number of hydrogen-bond donors (Lipinski definition) is 0. The van der Waals surface area contributed by atoms with Crippen molar-refractivity contribution in [3.8, 4) is 5.75 Å². The highest BCUT2D eigenvalue weighted by molar-refractivity contribution is 6.11. The van der Waals surface area contributed by atoms with Crippen LogP contribution in [0.15, 0.2) is 36.4 Å². The van der Waals surface area contributed by atoms with Gasteiger partial charge in [0.25, 0.3) is 5.75 Å². The van der Waals surface area contributed by atoms with Crippen LogP contribution in [0.3, 0.4) is 0 Å². The van der Waals surface area contributed by atoms with Crippen molar-refractivity contribution in [3.63, 3.8) is 0 Å². The van der Waals surface area contributed by atoms with Gasteiger partial charge in [-0.25, -0.2) is 0 Å². The van der Waals surface area contributed by atoms with Crippen LogP contribution in [-0.2, 0) is 6.18 Å². The van der Waals surface area contributed by atoms with Crippen LogP contribution in [0, 0.1) is 20.2 Å². The Kier molecular flexibility index (Phi) is 4.91. The van der Waals surface area contributed by atoms with Gasteiger partial charge in [-0.2, -0.15) is 13.2 Å². The van der Waals surface area contributed by atoms with Gasteiger partial charge in [-0.15, -0.1) is 0 Å². The lowest BCUT2D eigenvalue weighted by Crippen LogP contribution is -2.14. The quantitative estimate of drug-likeness (QED) is 0.450. The summed E-state index contributed by atoms with van der Waals surface area (Å²) in [7, 11) is 0.954. The van der Waals surface area contributed by atoms with Crippen LogP contribution in [0.4, 0.5) is 24.5 Å². The van der Waals surface area contributed by atoms with Crippen LogP contribution in [0.25, 0.3) is 0 Å². The lowest BCUT2D eigenvalue weighted by Gasteiger charge is -2.12. The molecule has 2 aromatic carbocycles. The van der Waals surface area contributed by atoms with Gasteiger partial charge in [-0.05, 0) is 6.07 Å². The minimum Gasteiger partial charge on any atom is -0.485 e. The van der Waals surface area contributed by atoms with E-state index in [2.05, 4.69) is 4.74 Å². The van der Waals surface area contributed by atoms with Crippen LogP contribution < -0.4 is 4.74 Å². The minimum absolute atomic E-state index is 0.638. The van der Waals surface area contributed by atoms with E-state index in [-0.39, 0.29) is 0 Å². The topological polar surface area (TPSA) is 113 Å². The third kappa shape index (κ3) is 3.45. The first-order valence-electron chi connectivity index (χ1n) is 6.79. The molecule has 0 aliphatic carbocycles. The number of nitro groups is 2. The Morgan fingerprint density at radius 2 is 1.54 bits per heavy atom. The summed E-state index contributed by atoms with van der Waals surface area (Å²) in [5, 5.41) is 22.2. The fourth-order valence-electron chi connectivity index (χ4n) is 2.29. The summed E-state index contributed by atoms with van der Waals surface area (Å²) < 4.78 is 43.9. The lowest BCUT2D eigenvalue weighted by atomic mass is 9.97. The smallest absolute Gasteiger partial charge is 0.417 e. The Morgan fingerprint density at radius 3 is 1.96 bits per heavy atom. The second kappa shape index (κ2) is 6.78. The highest BCUT2D eigenvalue weighted by Gasteiger charge is 2.36. The number of alkyl halides is 3. The second-order valence-corrected chi connectivity index (χ2v) is 4.93. The summed E-state index contributed by atoms with van der Waals surface area (Å²) in [5.74, 6) is -1.95. The number of carbonyl (C=O) groups excluding carboxylic acids is 1. The molecule has 0 unspecified atom stereocenters. The molecule has 0 aromatic heterocycles. The van der Waals surface area contributed by atoms with E-state index in [1.165, 1.54) is 6.07 Å². The maximum absolute atomic E-state index is 13.1. The number of rotatable bonds is 5. The molecule has 0 aliphatic heterocycles. The van der Waals surface area contributed by atoms with Crippen LogP contribution in [0.1, 0.15) is 21.5 Å². The number of carbonyl (C=O) groups is 1. The lowest BCUT2D eigenvalue weighted by molar-refractivity contribution is -0.395. The van der Waals surface area contributed by atoms with Crippen LogP contribution >= 0.6 is 0 Å². The summed E-state index contributed by atoms with van der Waals surface area (Å²) in [6.45, 7) is 0. The fourth-order valence-corrected chi connectivity index (χ4v) is 2.29.